The molecule has 1 fully saturated rings. The van der Waals surface area contributed by atoms with Crippen molar-refractivity contribution in [2.24, 2.45) is 5.92 Å². The van der Waals surface area contributed by atoms with Crippen LogP contribution in [0.2, 0.25) is 18.1 Å². The van der Waals surface area contributed by atoms with Gasteiger partial charge in [0.1, 0.15) is 18.3 Å². The van der Waals surface area contributed by atoms with Crippen molar-refractivity contribution < 1.29 is 43.4 Å². The van der Waals surface area contributed by atoms with Crippen molar-refractivity contribution in [1.82, 2.24) is 0 Å². The van der Waals surface area contributed by atoms with Crippen LogP contribution in [0.25, 0.3) is 0 Å². The first-order valence-corrected chi connectivity index (χ1v) is 19.7. The fourth-order valence-corrected chi connectivity index (χ4v) is 7.49. The standard InChI is InChI=1S/C36H56O9Si/c1-23-17-24(2)20-29(37)35-32(43-35)22-31(42-33(38)14-10-12-26-11-9-13-27(18-23)40-26)30(45-46(7,8)36(4,5)6)16-15-28-19-25(3)21-34(41-28)44-39/h9-11,14-16,21,23,26-32,34-35,37,39H,2,12-13,17-20,22H2,1,3-8H3/b14-10-,16-15+/t23-,26-,27-,28+,29-,30+,31-,32-,34?,35-/m0/s1. The van der Waals surface area contributed by atoms with Gasteiger partial charge in [-0.15, -0.1) is 0 Å². The number of rotatable bonds is 6. The Morgan fingerprint density at radius 3 is 2.57 bits per heavy atom. The molecule has 10 atom stereocenters. The van der Waals surface area contributed by atoms with Gasteiger partial charge in [0.2, 0.25) is 6.29 Å². The maximum Gasteiger partial charge on any atom is 0.330 e. The molecule has 2 N–H and O–H groups in total. The molecule has 4 aliphatic rings. The maximum atomic E-state index is 13.3. The lowest BCUT2D eigenvalue weighted by molar-refractivity contribution is -0.336. The average molecular weight is 661 g/mol. The molecule has 0 aromatic heterocycles. The molecule has 0 amide bonds. The summed E-state index contributed by atoms with van der Waals surface area (Å²) in [4.78, 5) is 17.8. The van der Waals surface area contributed by atoms with Gasteiger partial charge in [0.25, 0.3) is 0 Å². The molecule has 0 aliphatic carbocycles. The Bertz CT molecular complexity index is 1170. The van der Waals surface area contributed by atoms with Crippen LogP contribution >= 0.6 is 0 Å². The average Bonchev–Trinajstić information content (AvgIpc) is 3.73. The maximum absolute atomic E-state index is 13.3. The third-order valence-corrected chi connectivity index (χ3v) is 14.2. The molecule has 4 rings (SSSR count). The second kappa shape index (κ2) is 16.0. The summed E-state index contributed by atoms with van der Waals surface area (Å²) in [5.41, 5.74) is 2.02. The van der Waals surface area contributed by atoms with Gasteiger partial charge in [-0.25, -0.2) is 14.9 Å². The van der Waals surface area contributed by atoms with E-state index in [4.69, 9.17) is 23.4 Å². The lowest BCUT2D eigenvalue weighted by Gasteiger charge is -2.40. The van der Waals surface area contributed by atoms with Crippen LogP contribution in [0.5, 0.6) is 0 Å². The highest BCUT2D eigenvalue weighted by molar-refractivity contribution is 6.74. The van der Waals surface area contributed by atoms with Crippen molar-refractivity contribution in [2.45, 2.75) is 153 Å². The molecule has 10 heteroatoms. The zero-order valence-electron chi connectivity index (χ0n) is 28.7. The minimum atomic E-state index is -2.36. The minimum Gasteiger partial charge on any atom is -0.456 e. The van der Waals surface area contributed by atoms with Crippen LogP contribution in [-0.4, -0.2) is 79.8 Å². The molecule has 0 radical (unpaired) electrons. The van der Waals surface area contributed by atoms with E-state index in [0.29, 0.717) is 31.6 Å². The molecule has 4 heterocycles. The number of epoxide rings is 1. The van der Waals surface area contributed by atoms with Crippen LogP contribution in [0.3, 0.4) is 0 Å². The number of esters is 1. The number of hydrogen-bond acceptors (Lipinski definition) is 9. The van der Waals surface area contributed by atoms with Crippen LogP contribution < -0.4 is 0 Å². The molecule has 46 heavy (non-hydrogen) atoms. The lowest BCUT2D eigenvalue weighted by Crippen LogP contribution is -2.47. The number of carbonyl (C=O) groups excluding carboxylic acids is 1. The van der Waals surface area contributed by atoms with Gasteiger partial charge in [0, 0.05) is 12.5 Å². The largest absolute Gasteiger partial charge is 0.456 e. The van der Waals surface area contributed by atoms with E-state index >= 15 is 0 Å². The van der Waals surface area contributed by atoms with Crippen LogP contribution in [0.1, 0.15) is 79.6 Å². The van der Waals surface area contributed by atoms with Gasteiger partial charge in [0.05, 0.1) is 30.5 Å². The zero-order chi connectivity index (χ0) is 33.6. The van der Waals surface area contributed by atoms with E-state index in [1.54, 1.807) is 6.08 Å². The number of fused-ring (bicyclic) bond motifs is 3. The van der Waals surface area contributed by atoms with Gasteiger partial charge in [-0.1, -0.05) is 75.8 Å². The van der Waals surface area contributed by atoms with Gasteiger partial charge in [-0.3, -0.25) is 0 Å². The summed E-state index contributed by atoms with van der Waals surface area (Å²) >= 11 is 0. The Morgan fingerprint density at radius 1 is 1.09 bits per heavy atom. The zero-order valence-corrected chi connectivity index (χ0v) is 29.7. The third-order valence-electron chi connectivity index (χ3n) is 9.75. The molecule has 2 bridgehead atoms. The van der Waals surface area contributed by atoms with Crippen molar-refractivity contribution in [3.8, 4) is 0 Å². The van der Waals surface area contributed by atoms with Crippen LogP contribution in [0, 0.1) is 5.92 Å². The molecular formula is C36H56O9Si. The fourth-order valence-electron chi connectivity index (χ4n) is 6.22. The summed E-state index contributed by atoms with van der Waals surface area (Å²) in [6.07, 6.45) is 13.7. The summed E-state index contributed by atoms with van der Waals surface area (Å²) < 4.78 is 31.2. The molecule has 258 valence electrons. The van der Waals surface area contributed by atoms with Gasteiger partial charge in [-0.05, 0) is 75.6 Å². The summed E-state index contributed by atoms with van der Waals surface area (Å²) in [5, 5.41) is 20.2. The summed E-state index contributed by atoms with van der Waals surface area (Å²) in [5.74, 6) is -0.103. The minimum absolute atomic E-state index is 0.104. The van der Waals surface area contributed by atoms with Crippen LogP contribution in [-0.2, 0) is 33.1 Å². The highest BCUT2D eigenvalue weighted by Crippen LogP contribution is 2.40. The third kappa shape index (κ3) is 10.8. The SMILES string of the molecule is C=C1C[C@H](C)C[C@@H]2CC=C[C@@H](C/C=C\C(=O)O[C@H]([C@@H](/C=C/[C@@H]3CC(C)=CC(OO)O3)O[Si](C)(C)C(C)(C)C)C[C@@H]3O[C@H]3[C@@H](O)C1)O2. The Balaban J connectivity index is 1.60. The number of cyclic esters (lactones) is 1. The highest BCUT2D eigenvalue weighted by atomic mass is 28.4. The normalized spacial score (nSPS) is 36.6. The van der Waals surface area contributed by atoms with Crippen molar-refractivity contribution in [1.29, 1.82) is 0 Å². The van der Waals surface area contributed by atoms with Crippen molar-refractivity contribution in [3.05, 3.63) is 60.3 Å². The molecule has 0 saturated carbocycles. The molecule has 0 aromatic rings. The predicted molar refractivity (Wildman–Crippen MR) is 179 cm³/mol. The summed E-state index contributed by atoms with van der Waals surface area (Å²) in [6, 6.07) is 0. The summed E-state index contributed by atoms with van der Waals surface area (Å²) in [7, 11) is -2.36. The van der Waals surface area contributed by atoms with E-state index in [9.17, 15) is 15.2 Å². The van der Waals surface area contributed by atoms with Gasteiger partial charge < -0.3 is 28.5 Å². The van der Waals surface area contributed by atoms with Crippen molar-refractivity contribution >= 4 is 14.3 Å². The van der Waals surface area contributed by atoms with Gasteiger partial charge in [-0.2, -0.15) is 0 Å². The van der Waals surface area contributed by atoms with Crippen molar-refractivity contribution in [3.63, 3.8) is 0 Å². The van der Waals surface area contributed by atoms with Gasteiger partial charge in [0.15, 0.2) is 8.32 Å². The number of aliphatic hydroxyl groups is 1. The number of hydrogen-bond donors (Lipinski definition) is 2. The molecule has 0 spiro atoms. The van der Waals surface area contributed by atoms with Crippen LogP contribution in [0.4, 0.5) is 0 Å². The second-order valence-corrected chi connectivity index (χ2v) is 19.9. The molecular weight excluding hydrogens is 604 g/mol. The fraction of sp³-hybridized carbons (Fsp3) is 0.694. The summed E-state index contributed by atoms with van der Waals surface area (Å²) in [6.45, 7) is 19.2. The number of carbonyl (C=O) groups is 1. The van der Waals surface area contributed by atoms with E-state index in [0.717, 1.165) is 30.4 Å². The smallest absolute Gasteiger partial charge is 0.330 e. The first-order valence-electron chi connectivity index (χ1n) is 16.8. The molecule has 9 nitrogen and oxygen atoms in total. The first-order chi connectivity index (χ1) is 21.6. The van der Waals surface area contributed by atoms with Gasteiger partial charge >= 0.3 is 5.97 Å². The molecule has 1 unspecified atom stereocenters. The topological polar surface area (TPSA) is 116 Å². The molecule has 1 saturated heterocycles. The lowest BCUT2D eigenvalue weighted by atomic mass is 9.91. The monoisotopic (exact) mass is 660 g/mol. The predicted octanol–water partition coefficient (Wildman–Crippen LogP) is 6.95. The Morgan fingerprint density at radius 2 is 1.85 bits per heavy atom. The Labute approximate surface area is 276 Å². The molecule has 4 aliphatic heterocycles. The van der Waals surface area contributed by atoms with E-state index < -0.39 is 38.9 Å². The first kappa shape index (κ1) is 36.9. The number of ether oxygens (including phenoxy) is 4. The van der Waals surface area contributed by atoms with Crippen LogP contribution in [0.15, 0.2) is 60.3 Å². The van der Waals surface area contributed by atoms with Crippen molar-refractivity contribution in [2.75, 3.05) is 0 Å². The van der Waals surface area contributed by atoms with E-state index in [2.05, 4.69) is 64.4 Å². The Hall–Kier alpha value is -1.89. The van der Waals surface area contributed by atoms with E-state index in [1.807, 2.05) is 25.2 Å². The molecule has 0 aromatic carbocycles. The highest BCUT2D eigenvalue weighted by Gasteiger charge is 2.48. The Kier molecular flexibility index (Phi) is 12.8. The van der Waals surface area contributed by atoms with E-state index in [1.165, 1.54) is 6.08 Å². The second-order valence-electron chi connectivity index (χ2n) is 15.1. The van der Waals surface area contributed by atoms with E-state index in [-0.39, 0.29) is 35.6 Å². The quantitative estimate of drug-likeness (QED) is 0.0780. The number of aliphatic hydroxyl groups excluding tert-OH is 1.